The number of halogens is 3. The van der Waals surface area contributed by atoms with E-state index >= 15 is 0 Å². The monoisotopic (exact) mass is 363 g/mol. The number of alkyl halides is 2. The van der Waals surface area contributed by atoms with Crippen LogP contribution in [0.15, 0.2) is 33.9 Å². The van der Waals surface area contributed by atoms with Gasteiger partial charge in [-0.2, -0.15) is 0 Å². The Bertz CT molecular complexity index is 548. The zero-order valence-corrected chi connectivity index (χ0v) is 13.2. The van der Waals surface area contributed by atoms with Crippen LogP contribution in [0.1, 0.15) is 10.7 Å². The molecular formula is C11H8BrCl2N3S. The fourth-order valence-electron chi connectivity index (χ4n) is 1.29. The third-order valence-corrected chi connectivity index (χ3v) is 3.58. The van der Waals surface area contributed by atoms with Gasteiger partial charge in [-0.3, -0.25) is 0 Å². The minimum Gasteiger partial charge on any atom is -0.210 e. The topological polar surface area (TPSA) is 38.7 Å². The standard InChI is InChI=1S/C11H8BrCl2N3S/c1-18-11-16-9(15-10(17-11)8(13)14)6-2-4-7(12)5-3-6/h2-5,8H,1H3. The summed E-state index contributed by atoms with van der Waals surface area (Å²) >= 11 is 16.4. The van der Waals surface area contributed by atoms with Gasteiger partial charge in [0.15, 0.2) is 21.6 Å². The Morgan fingerprint density at radius 2 is 1.78 bits per heavy atom. The summed E-state index contributed by atoms with van der Waals surface area (Å²) in [7, 11) is 0. The SMILES string of the molecule is CSc1nc(-c2ccc(Br)cc2)nc(C(Cl)Cl)n1. The van der Waals surface area contributed by atoms with E-state index in [9.17, 15) is 0 Å². The molecule has 0 unspecified atom stereocenters. The molecule has 0 aliphatic heterocycles. The molecule has 1 aromatic carbocycles. The summed E-state index contributed by atoms with van der Waals surface area (Å²) in [6, 6.07) is 7.70. The second kappa shape index (κ2) is 6.19. The van der Waals surface area contributed by atoms with Crippen LogP contribution in [0.2, 0.25) is 0 Å². The highest BCUT2D eigenvalue weighted by atomic mass is 79.9. The fourth-order valence-corrected chi connectivity index (χ4v) is 2.11. The van der Waals surface area contributed by atoms with E-state index in [1.165, 1.54) is 11.8 Å². The maximum absolute atomic E-state index is 5.81. The average molecular weight is 365 g/mol. The Kier molecular flexibility index (Phi) is 4.84. The lowest BCUT2D eigenvalue weighted by Crippen LogP contribution is -2.01. The number of benzene rings is 1. The van der Waals surface area contributed by atoms with Crippen molar-refractivity contribution in [3.63, 3.8) is 0 Å². The highest BCUT2D eigenvalue weighted by Crippen LogP contribution is 2.26. The molecule has 3 nitrogen and oxygen atoms in total. The van der Waals surface area contributed by atoms with E-state index in [2.05, 4.69) is 30.9 Å². The number of rotatable bonds is 3. The van der Waals surface area contributed by atoms with Gasteiger partial charge >= 0.3 is 0 Å². The molecule has 0 fully saturated rings. The van der Waals surface area contributed by atoms with E-state index in [-0.39, 0.29) is 0 Å². The van der Waals surface area contributed by atoms with Gasteiger partial charge in [0.2, 0.25) is 0 Å². The molecule has 0 amide bonds. The smallest absolute Gasteiger partial charge is 0.191 e. The van der Waals surface area contributed by atoms with Crippen LogP contribution in [-0.2, 0) is 0 Å². The lowest BCUT2D eigenvalue weighted by molar-refractivity contribution is 0.852. The molecule has 1 aromatic heterocycles. The van der Waals surface area contributed by atoms with Crippen LogP contribution in [0, 0.1) is 0 Å². The van der Waals surface area contributed by atoms with Crippen LogP contribution in [0.3, 0.4) is 0 Å². The van der Waals surface area contributed by atoms with Gasteiger partial charge in [-0.05, 0) is 18.4 Å². The minimum atomic E-state index is -0.756. The first kappa shape index (κ1) is 14.1. The number of hydrogen-bond donors (Lipinski definition) is 0. The quantitative estimate of drug-likeness (QED) is 0.593. The van der Waals surface area contributed by atoms with E-state index in [1.54, 1.807) is 0 Å². The van der Waals surface area contributed by atoms with E-state index < -0.39 is 4.84 Å². The fraction of sp³-hybridized carbons (Fsp3) is 0.182. The van der Waals surface area contributed by atoms with Crippen LogP contribution in [0.4, 0.5) is 0 Å². The van der Waals surface area contributed by atoms with Gasteiger partial charge in [0.05, 0.1) is 0 Å². The zero-order chi connectivity index (χ0) is 13.1. The number of hydrogen-bond acceptors (Lipinski definition) is 4. The molecule has 2 aromatic rings. The summed E-state index contributed by atoms with van der Waals surface area (Å²) in [5, 5.41) is 0.601. The highest BCUT2D eigenvalue weighted by molar-refractivity contribution is 9.10. The molecule has 0 N–H and O–H groups in total. The third kappa shape index (κ3) is 3.35. The lowest BCUT2D eigenvalue weighted by Gasteiger charge is -2.06. The molecule has 0 bridgehead atoms. The second-order valence-corrected chi connectivity index (χ2v) is 6.10. The molecule has 94 valence electrons. The minimum absolute atomic E-state index is 0.371. The van der Waals surface area contributed by atoms with Crippen LogP contribution in [0.5, 0.6) is 0 Å². The summed E-state index contributed by atoms with van der Waals surface area (Å²) in [5.74, 6) is 0.943. The van der Waals surface area contributed by atoms with E-state index in [4.69, 9.17) is 23.2 Å². The van der Waals surface area contributed by atoms with Crippen molar-refractivity contribution in [1.82, 2.24) is 15.0 Å². The van der Waals surface area contributed by atoms with Crippen LogP contribution in [0.25, 0.3) is 11.4 Å². The largest absolute Gasteiger partial charge is 0.210 e. The number of thioether (sulfide) groups is 1. The first-order valence-electron chi connectivity index (χ1n) is 4.94. The zero-order valence-electron chi connectivity index (χ0n) is 9.27. The van der Waals surface area contributed by atoms with Gasteiger partial charge in [0.25, 0.3) is 0 Å². The molecule has 0 radical (unpaired) electrons. The first-order valence-corrected chi connectivity index (χ1v) is 7.83. The van der Waals surface area contributed by atoms with Crippen molar-refractivity contribution < 1.29 is 0 Å². The van der Waals surface area contributed by atoms with Gasteiger partial charge in [-0.1, -0.05) is 63.0 Å². The summed E-state index contributed by atoms with van der Waals surface area (Å²) < 4.78 is 0.998. The highest BCUT2D eigenvalue weighted by Gasteiger charge is 2.13. The Balaban J connectivity index is 2.49. The molecule has 7 heteroatoms. The Morgan fingerprint density at radius 1 is 1.11 bits per heavy atom. The van der Waals surface area contributed by atoms with E-state index in [1.807, 2.05) is 30.5 Å². The number of aromatic nitrogens is 3. The maximum Gasteiger partial charge on any atom is 0.191 e. The van der Waals surface area contributed by atoms with Crippen molar-refractivity contribution in [2.24, 2.45) is 0 Å². The third-order valence-electron chi connectivity index (χ3n) is 2.11. The van der Waals surface area contributed by atoms with E-state index in [0.29, 0.717) is 16.8 Å². The van der Waals surface area contributed by atoms with Crippen molar-refractivity contribution in [2.45, 2.75) is 9.99 Å². The summed E-state index contributed by atoms with van der Waals surface area (Å²) in [6.07, 6.45) is 1.89. The first-order chi connectivity index (χ1) is 8.60. The Labute approximate surface area is 127 Å². The molecule has 18 heavy (non-hydrogen) atoms. The van der Waals surface area contributed by atoms with Gasteiger partial charge < -0.3 is 0 Å². The summed E-state index contributed by atoms with van der Waals surface area (Å²) in [6.45, 7) is 0. The molecular weight excluding hydrogens is 357 g/mol. The van der Waals surface area contributed by atoms with Crippen molar-refractivity contribution in [2.75, 3.05) is 6.26 Å². The average Bonchev–Trinajstić information content (AvgIpc) is 2.39. The number of nitrogens with zero attached hydrogens (tertiary/aromatic N) is 3. The Morgan fingerprint density at radius 3 is 2.33 bits per heavy atom. The molecule has 0 spiro atoms. The van der Waals surface area contributed by atoms with Gasteiger partial charge in [0.1, 0.15) is 0 Å². The van der Waals surface area contributed by atoms with Crippen molar-refractivity contribution in [3.8, 4) is 11.4 Å². The van der Waals surface area contributed by atoms with E-state index in [0.717, 1.165) is 10.0 Å². The maximum atomic E-state index is 5.81. The van der Waals surface area contributed by atoms with Crippen molar-refractivity contribution in [1.29, 1.82) is 0 Å². The van der Waals surface area contributed by atoms with Crippen LogP contribution < -0.4 is 0 Å². The molecule has 0 atom stereocenters. The molecule has 0 saturated heterocycles. The van der Waals surface area contributed by atoms with Gasteiger partial charge in [0, 0.05) is 10.0 Å². The normalized spacial score (nSPS) is 10.9. The molecule has 0 aliphatic carbocycles. The summed E-state index contributed by atoms with van der Waals surface area (Å²) in [4.78, 5) is 12.0. The lowest BCUT2D eigenvalue weighted by atomic mass is 10.2. The van der Waals surface area contributed by atoms with Crippen molar-refractivity contribution in [3.05, 3.63) is 34.6 Å². The van der Waals surface area contributed by atoms with Crippen molar-refractivity contribution >= 4 is 50.9 Å². The molecule has 1 heterocycles. The van der Waals surface area contributed by atoms with Gasteiger partial charge in [-0.15, -0.1) is 0 Å². The molecule has 2 rings (SSSR count). The van der Waals surface area contributed by atoms with Crippen LogP contribution >= 0.6 is 50.9 Å². The predicted molar refractivity (Wildman–Crippen MR) is 79.2 cm³/mol. The molecule has 0 saturated carbocycles. The summed E-state index contributed by atoms with van der Waals surface area (Å²) in [5.41, 5.74) is 0.895. The van der Waals surface area contributed by atoms with Gasteiger partial charge in [-0.25, -0.2) is 15.0 Å². The van der Waals surface area contributed by atoms with Crippen LogP contribution in [-0.4, -0.2) is 21.2 Å². The second-order valence-electron chi connectivity index (χ2n) is 3.31. The Hall–Kier alpha value is -0.360. The molecule has 0 aliphatic rings. The predicted octanol–water partition coefficient (Wildman–Crippen LogP) is 4.50.